The second-order valence-corrected chi connectivity index (χ2v) is 17.9. The maximum atomic E-state index is 13.9. The normalized spacial score (nSPS) is 21.8. The van der Waals surface area contributed by atoms with Gasteiger partial charge in [-0.2, -0.15) is 0 Å². The minimum Gasteiger partial charge on any atom is -0.478 e. The van der Waals surface area contributed by atoms with Gasteiger partial charge in [0.1, 0.15) is 11.3 Å². The van der Waals surface area contributed by atoms with E-state index in [1.807, 2.05) is 24.3 Å². The minimum absolute atomic E-state index is 0.0322. The Morgan fingerprint density at radius 2 is 1.09 bits per heavy atom. The molecule has 4 fully saturated rings. The summed E-state index contributed by atoms with van der Waals surface area (Å²) in [5, 5.41) is 17.4. The first-order chi connectivity index (χ1) is 32.8. The van der Waals surface area contributed by atoms with Gasteiger partial charge in [-0.05, 0) is 85.7 Å². The monoisotopic (exact) mass is 943 g/mol. The second-order valence-electron chi connectivity index (χ2n) is 17.9. The molecule has 6 unspecified atom stereocenters. The number of carboxylic acids is 1. The topological polar surface area (TPSA) is 213 Å². The summed E-state index contributed by atoms with van der Waals surface area (Å²) in [6.07, 6.45) is 12.5. The van der Waals surface area contributed by atoms with Crippen molar-refractivity contribution in [3.8, 4) is 11.4 Å². The van der Waals surface area contributed by atoms with Crippen molar-refractivity contribution < 1.29 is 57.6 Å². The fourth-order valence-electron chi connectivity index (χ4n) is 10.1. The number of nitrogens with zero attached hydrogens (tertiary/aromatic N) is 3. The van der Waals surface area contributed by atoms with Crippen LogP contribution in [0.25, 0.3) is 28.6 Å². The van der Waals surface area contributed by atoms with Crippen LogP contribution >= 0.6 is 0 Å². The van der Waals surface area contributed by atoms with E-state index in [0.29, 0.717) is 166 Å². The minimum atomic E-state index is -0.999. The Balaban J connectivity index is 0.000000232. The maximum Gasteiger partial charge on any atom is 0.332 e. The number of methoxy groups -OCH3 is 1. The number of aromatic nitrogens is 4. The third-order valence-corrected chi connectivity index (χ3v) is 13.3. The molecule has 3 aromatic rings. The first-order valence-corrected chi connectivity index (χ1v) is 24.3. The van der Waals surface area contributed by atoms with Crippen LogP contribution in [0, 0.1) is 35.5 Å². The summed E-state index contributed by atoms with van der Waals surface area (Å²) in [4.78, 5) is 46.5. The van der Waals surface area contributed by atoms with Gasteiger partial charge in [0, 0.05) is 31.8 Å². The fourth-order valence-corrected chi connectivity index (χ4v) is 10.1. The number of carbonyl (C=O) groups is 1. The summed E-state index contributed by atoms with van der Waals surface area (Å²) in [6, 6.07) is 7.34. The van der Waals surface area contributed by atoms with Gasteiger partial charge in [-0.1, -0.05) is 37.1 Å². The number of ether oxygens (including phenoxy) is 9. The number of aromatic amines is 1. The first-order valence-electron chi connectivity index (χ1n) is 24.3. The Morgan fingerprint density at radius 3 is 1.49 bits per heavy atom. The quantitative estimate of drug-likeness (QED) is 0.0575. The smallest absolute Gasteiger partial charge is 0.332 e. The van der Waals surface area contributed by atoms with E-state index in [1.54, 1.807) is 11.7 Å². The van der Waals surface area contributed by atoms with Crippen LogP contribution in [0.4, 0.5) is 0 Å². The molecule has 0 saturated heterocycles. The lowest BCUT2D eigenvalue weighted by Gasteiger charge is -2.24. The predicted molar refractivity (Wildman–Crippen MR) is 250 cm³/mol. The molecule has 1 aromatic carbocycles. The molecule has 7 rings (SSSR count). The van der Waals surface area contributed by atoms with Crippen LogP contribution in [0.3, 0.4) is 0 Å². The number of nitrogens with one attached hydrogen (secondary N) is 1. The standard InChI is InChI=1S/C30H34N4O4.C19H40O10/c35-25(36)10-5-17-1-6-20(7-2-17)27-31-26-28(32-27)33(15-23-13-18-3-8-21(23)11-18)30(38)34(29(26)37)16-24-14-19-4-9-22(24)12-19;1-21-4-5-23-8-9-25-12-13-27-16-17-29-19-18-28-15-14-26-11-10-24-7-6-22-3-2-20/h1-2,5-7,10,18-19,21-24H,3-4,8-9,11-16H2,(H,31,32)(H,35,36);20H,2-19H2,1H3/b10-5+;. The molecule has 374 valence electrons. The molecule has 2 aromatic heterocycles. The van der Waals surface area contributed by atoms with Gasteiger partial charge in [-0.15, -0.1) is 0 Å². The van der Waals surface area contributed by atoms with E-state index >= 15 is 0 Å². The number of fused-ring (bicyclic) bond motifs is 5. The number of hydrogen-bond donors (Lipinski definition) is 3. The van der Waals surface area contributed by atoms with E-state index in [2.05, 4.69) is 4.98 Å². The van der Waals surface area contributed by atoms with Crippen LogP contribution in [0.5, 0.6) is 0 Å². The van der Waals surface area contributed by atoms with Crippen LogP contribution in [-0.2, 0) is 60.5 Å². The number of imidazole rings is 1. The summed E-state index contributed by atoms with van der Waals surface area (Å²) < 4.78 is 50.7. The maximum absolute atomic E-state index is 13.9. The van der Waals surface area contributed by atoms with E-state index in [9.17, 15) is 14.4 Å². The van der Waals surface area contributed by atoms with Crippen LogP contribution in [0.15, 0.2) is 39.9 Å². The summed E-state index contributed by atoms with van der Waals surface area (Å²) in [6.45, 7) is 10.0. The lowest BCUT2D eigenvalue weighted by atomic mass is 9.88. The second kappa shape index (κ2) is 29.3. The average Bonchev–Trinajstić information content (AvgIpc) is 4.21. The van der Waals surface area contributed by atoms with Crippen molar-refractivity contribution in [2.75, 3.05) is 126 Å². The Kier molecular flexibility index (Phi) is 23.0. The number of aliphatic hydroxyl groups excluding tert-OH is 1. The van der Waals surface area contributed by atoms with Gasteiger partial charge in [-0.25, -0.2) is 14.6 Å². The first kappa shape index (κ1) is 52.5. The summed E-state index contributed by atoms with van der Waals surface area (Å²) in [5.74, 6) is 3.24. The van der Waals surface area contributed by atoms with Gasteiger partial charge in [0.05, 0.1) is 119 Å². The molecule has 0 amide bonds. The molecule has 4 saturated carbocycles. The molecule has 0 aliphatic heterocycles. The highest BCUT2D eigenvalue weighted by Crippen LogP contribution is 2.49. The molecule has 18 heteroatoms. The molecule has 18 nitrogen and oxygen atoms in total. The van der Waals surface area contributed by atoms with E-state index in [-0.39, 0.29) is 17.9 Å². The summed E-state index contributed by atoms with van der Waals surface area (Å²) in [5.41, 5.74) is 1.93. The summed E-state index contributed by atoms with van der Waals surface area (Å²) in [7, 11) is 1.64. The largest absolute Gasteiger partial charge is 0.478 e. The molecule has 3 N–H and O–H groups in total. The van der Waals surface area contributed by atoms with Gasteiger partial charge in [-0.3, -0.25) is 13.9 Å². The van der Waals surface area contributed by atoms with E-state index in [0.717, 1.165) is 41.9 Å². The van der Waals surface area contributed by atoms with Crippen molar-refractivity contribution in [2.24, 2.45) is 35.5 Å². The number of aliphatic hydroxyl groups is 1. The summed E-state index contributed by atoms with van der Waals surface area (Å²) >= 11 is 0. The zero-order valence-corrected chi connectivity index (χ0v) is 39.4. The lowest BCUT2D eigenvalue weighted by molar-refractivity contribution is -0.131. The predicted octanol–water partition coefficient (Wildman–Crippen LogP) is 4.28. The van der Waals surface area contributed by atoms with E-state index in [4.69, 9.17) is 57.8 Å². The van der Waals surface area contributed by atoms with Crippen molar-refractivity contribution in [1.29, 1.82) is 0 Å². The van der Waals surface area contributed by atoms with Crippen LogP contribution in [0.1, 0.15) is 56.9 Å². The third-order valence-electron chi connectivity index (χ3n) is 13.3. The average molecular weight is 943 g/mol. The molecule has 67 heavy (non-hydrogen) atoms. The molecule has 4 aliphatic carbocycles. The van der Waals surface area contributed by atoms with Gasteiger partial charge in [0.15, 0.2) is 5.65 Å². The number of hydrogen-bond acceptors (Lipinski definition) is 14. The zero-order valence-electron chi connectivity index (χ0n) is 39.4. The van der Waals surface area contributed by atoms with E-state index in [1.165, 1.54) is 49.2 Å². The number of rotatable bonds is 33. The Hall–Kier alpha value is -3.82. The molecule has 6 atom stereocenters. The molecular formula is C49H74N4O14. The highest BCUT2D eigenvalue weighted by molar-refractivity contribution is 5.85. The number of H-pyrrole nitrogens is 1. The van der Waals surface area contributed by atoms with Crippen LogP contribution in [-0.4, -0.2) is 161 Å². The van der Waals surface area contributed by atoms with E-state index < -0.39 is 5.97 Å². The van der Waals surface area contributed by atoms with Crippen molar-refractivity contribution in [3.05, 3.63) is 56.7 Å². The number of carboxylic acid groups (broad SMARTS) is 1. The van der Waals surface area contributed by atoms with Crippen molar-refractivity contribution >= 4 is 23.2 Å². The SMILES string of the molecule is COCCOCCOCCOCCOCCOCCOCCOCCOCCO.O=C(O)/C=C/c1ccc(-c2nc3c([nH]2)c(=O)n(CC2CC4CCC2C4)c(=O)n3CC2CC3CCC2C3)cc1. The van der Waals surface area contributed by atoms with Crippen LogP contribution < -0.4 is 11.2 Å². The zero-order chi connectivity index (χ0) is 47.1. The lowest BCUT2D eigenvalue weighted by Crippen LogP contribution is -2.43. The Labute approximate surface area is 393 Å². The molecular weight excluding hydrogens is 869 g/mol. The van der Waals surface area contributed by atoms with Crippen molar-refractivity contribution in [3.63, 3.8) is 0 Å². The number of benzene rings is 1. The van der Waals surface area contributed by atoms with Crippen molar-refractivity contribution in [2.45, 2.75) is 64.5 Å². The van der Waals surface area contributed by atoms with Gasteiger partial charge >= 0.3 is 11.7 Å². The van der Waals surface area contributed by atoms with Gasteiger partial charge in [0.25, 0.3) is 5.56 Å². The van der Waals surface area contributed by atoms with Gasteiger partial charge < -0.3 is 57.8 Å². The molecule has 0 spiro atoms. The molecule has 2 heterocycles. The van der Waals surface area contributed by atoms with Crippen molar-refractivity contribution in [1.82, 2.24) is 19.1 Å². The number of aliphatic carboxylic acids is 1. The van der Waals surface area contributed by atoms with Crippen LogP contribution in [0.2, 0.25) is 0 Å². The molecule has 4 bridgehead atoms. The highest BCUT2D eigenvalue weighted by atomic mass is 16.6. The highest BCUT2D eigenvalue weighted by Gasteiger charge is 2.41. The fraction of sp³-hybridized carbons (Fsp3) is 0.714. The Bertz CT molecular complexity index is 2010. The molecule has 4 aliphatic rings. The molecule has 0 radical (unpaired) electrons. The Morgan fingerprint density at radius 1 is 0.642 bits per heavy atom. The third kappa shape index (κ3) is 17.0. The van der Waals surface area contributed by atoms with Gasteiger partial charge in [0.2, 0.25) is 0 Å².